The molecule has 2 atom stereocenters. The highest BCUT2D eigenvalue weighted by atomic mass is 16.3. The monoisotopic (exact) mass is 292 g/mol. The van der Waals surface area contributed by atoms with Crippen LogP contribution in [0, 0.1) is 0 Å². The number of urea groups is 1. The van der Waals surface area contributed by atoms with Gasteiger partial charge in [-0.2, -0.15) is 0 Å². The van der Waals surface area contributed by atoms with Gasteiger partial charge in [-0.05, 0) is 31.7 Å². The molecule has 0 saturated carbocycles. The van der Waals surface area contributed by atoms with Gasteiger partial charge in [0.15, 0.2) is 0 Å². The molecule has 118 valence electrons. The van der Waals surface area contributed by atoms with Crippen LogP contribution in [0.5, 0.6) is 0 Å². The molecule has 0 heterocycles. The van der Waals surface area contributed by atoms with E-state index in [1.54, 1.807) is 6.92 Å². The topological polar surface area (TPSA) is 61.4 Å². The number of benzene rings is 1. The summed E-state index contributed by atoms with van der Waals surface area (Å²) < 4.78 is 0. The summed E-state index contributed by atoms with van der Waals surface area (Å²) in [6.45, 7) is 6.43. The Bertz CT molecular complexity index is 403. The van der Waals surface area contributed by atoms with Crippen LogP contribution in [0.25, 0.3) is 0 Å². The normalized spacial score (nSPS) is 13.8. The van der Waals surface area contributed by atoms with Crippen molar-refractivity contribution in [3.05, 3.63) is 35.9 Å². The molecule has 0 spiro atoms. The van der Waals surface area contributed by atoms with Crippen LogP contribution in [0.15, 0.2) is 30.3 Å². The number of aliphatic hydroxyl groups excluding tert-OH is 1. The lowest BCUT2D eigenvalue weighted by molar-refractivity contribution is 0.173. The molecule has 0 saturated heterocycles. The second kappa shape index (κ2) is 9.40. The Morgan fingerprint density at radius 1 is 1.19 bits per heavy atom. The van der Waals surface area contributed by atoms with Gasteiger partial charge in [-0.1, -0.05) is 44.2 Å². The quantitative estimate of drug-likeness (QED) is 0.689. The van der Waals surface area contributed by atoms with Gasteiger partial charge in [0.25, 0.3) is 0 Å². The molecule has 0 fully saturated rings. The summed E-state index contributed by atoms with van der Waals surface area (Å²) in [4.78, 5) is 11.9. The highest BCUT2D eigenvalue weighted by Crippen LogP contribution is 2.20. The van der Waals surface area contributed by atoms with E-state index in [1.807, 2.05) is 30.3 Å². The van der Waals surface area contributed by atoms with Crippen LogP contribution in [-0.4, -0.2) is 29.8 Å². The van der Waals surface area contributed by atoms with E-state index < -0.39 is 0 Å². The molecule has 0 radical (unpaired) electrons. The number of rotatable bonds is 8. The van der Waals surface area contributed by atoms with E-state index in [2.05, 4.69) is 24.5 Å². The first-order chi connectivity index (χ1) is 10.1. The molecule has 0 bridgehead atoms. The second-order valence-corrected chi connectivity index (χ2v) is 5.56. The standard InChI is InChI=1S/C17H28N2O2/c1-4-16(5-2)19-17(21)18-12-15(11-13(3)20)14-9-7-6-8-10-14/h6-10,13,15-16,20H,4-5,11-12H2,1-3H3,(H2,18,19,21). The molecule has 21 heavy (non-hydrogen) atoms. The van der Waals surface area contributed by atoms with Crippen molar-refractivity contribution < 1.29 is 9.90 Å². The van der Waals surface area contributed by atoms with E-state index in [0.717, 1.165) is 18.4 Å². The summed E-state index contributed by atoms with van der Waals surface area (Å²) in [5, 5.41) is 15.5. The number of carbonyl (C=O) groups excluding carboxylic acids is 1. The number of amides is 2. The van der Waals surface area contributed by atoms with E-state index >= 15 is 0 Å². The van der Waals surface area contributed by atoms with Gasteiger partial charge in [-0.15, -0.1) is 0 Å². The predicted molar refractivity (Wildman–Crippen MR) is 86.4 cm³/mol. The third-order valence-corrected chi connectivity index (χ3v) is 3.73. The number of aliphatic hydroxyl groups is 1. The van der Waals surface area contributed by atoms with Gasteiger partial charge in [0.1, 0.15) is 0 Å². The zero-order valence-electron chi connectivity index (χ0n) is 13.3. The first-order valence-electron chi connectivity index (χ1n) is 7.84. The predicted octanol–water partition coefficient (Wildman–Crippen LogP) is 3.03. The Balaban J connectivity index is 2.56. The molecule has 0 aliphatic rings. The van der Waals surface area contributed by atoms with E-state index in [9.17, 15) is 9.90 Å². The molecule has 0 aliphatic carbocycles. The molecule has 4 heteroatoms. The average Bonchev–Trinajstić information content (AvgIpc) is 2.49. The zero-order chi connectivity index (χ0) is 15.7. The minimum absolute atomic E-state index is 0.124. The van der Waals surface area contributed by atoms with Gasteiger partial charge in [-0.3, -0.25) is 0 Å². The number of hydrogen-bond acceptors (Lipinski definition) is 2. The Labute approximate surface area is 128 Å². The van der Waals surface area contributed by atoms with Crippen molar-refractivity contribution in [2.75, 3.05) is 6.54 Å². The van der Waals surface area contributed by atoms with E-state index in [0.29, 0.717) is 13.0 Å². The minimum Gasteiger partial charge on any atom is -0.393 e. The summed E-state index contributed by atoms with van der Waals surface area (Å²) in [7, 11) is 0. The summed E-state index contributed by atoms with van der Waals surface area (Å²) in [5.74, 6) is 0.124. The van der Waals surface area contributed by atoms with Crippen molar-refractivity contribution >= 4 is 6.03 Å². The number of nitrogens with one attached hydrogen (secondary N) is 2. The maximum absolute atomic E-state index is 11.9. The molecule has 1 rings (SSSR count). The van der Waals surface area contributed by atoms with E-state index in [-0.39, 0.29) is 24.1 Å². The van der Waals surface area contributed by atoms with Crippen LogP contribution in [0.1, 0.15) is 51.5 Å². The molecule has 0 aromatic heterocycles. The molecule has 1 aromatic rings. The molecule has 2 amide bonds. The van der Waals surface area contributed by atoms with Gasteiger partial charge in [0.05, 0.1) is 6.10 Å². The minimum atomic E-state index is -0.390. The fourth-order valence-electron chi connectivity index (χ4n) is 2.42. The van der Waals surface area contributed by atoms with Crippen LogP contribution in [0.3, 0.4) is 0 Å². The van der Waals surface area contributed by atoms with Gasteiger partial charge in [0.2, 0.25) is 0 Å². The first kappa shape index (κ1) is 17.5. The van der Waals surface area contributed by atoms with Crippen molar-refractivity contribution in [1.29, 1.82) is 0 Å². The molecule has 4 nitrogen and oxygen atoms in total. The fourth-order valence-corrected chi connectivity index (χ4v) is 2.42. The largest absolute Gasteiger partial charge is 0.393 e. The van der Waals surface area contributed by atoms with Gasteiger partial charge < -0.3 is 15.7 Å². The van der Waals surface area contributed by atoms with Crippen molar-refractivity contribution in [1.82, 2.24) is 10.6 Å². The van der Waals surface area contributed by atoms with E-state index in [1.165, 1.54) is 0 Å². The molecular formula is C17H28N2O2. The summed E-state index contributed by atoms with van der Waals surface area (Å²) >= 11 is 0. The van der Waals surface area contributed by atoms with Crippen LogP contribution in [0.2, 0.25) is 0 Å². The highest BCUT2D eigenvalue weighted by molar-refractivity contribution is 5.74. The van der Waals surface area contributed by atoms with Crippen LogP contribution >= 0.6 is 0 Å². The van der Waals surface area contributed by atoms with Crippen LogP contribution in [0.4, 0.5) is 4.79 Å². The fraction of sp³-hybridized carbons (Fsp3) is 0.588. The lowest BCUT2D eigenvalue weighted by Crippen LogP contribution is -2.43. The molecular weight excluding hydrogens is 264 g/mol. The van der Waals surface area contributed by atoms with Crippen LogP contribution < -0.4 is 10.6 Å². The molecule has 1 aromatic carbocycles. The average molecular weight is 292 g/mol. The molecule has 0 aliphatic heterocycles. The Morgan fingerprint density at radius 2 is 1.81 bits per heavy atom. The maximum atomic E-state index is 11.9. The Morgan fingerprint density at radius 3 is 2.33 bits per heavy atom. The van der Waals surface area contributed by atoms with Gasteiger partial charge >= 0.3 is 6.03 Å². The van der Waals surface area contributed by atoms with Crippen molar-refractivity contribution in [3.8, 4) is 0 Å². The van der Waals surface area contributed by atoms with Crippen molar-refractivity contribution in [3.63, 3.8) is 0 Å². The number of carbonyl (C=O) groups is 1. The third-order valence-electron chi connectivity index (χ3n) is 3.73. The Hall–Kier alpha value is -1.55. The smallest absolute Gasteiger partial charge is 0.315 e. The van der Waals surface area contributed by atoms with Gasteiger partial charge in [0, 0.05) is 18.5 Å². The lowest BCUT2D eigenvalue weighted by Gasteiger charge is -2.21. The molecule has 3 N–H and O–H groups in total. The first-order valence-corrected chi connectivity index (χ1v) is 7.84. The summed E-state index contributed by atoms with van der Waals surface area (Å²) in [5.41, 5.74) is 1.14. The molecule has 2 unspecified atom stereocenters. The van der Waals surface area contributed by atoms with Crippen LogP contribution in [-0.2, 0) is 0 Å². The highest BCUT2D eigenvalue weighted by Gasteiger charge is 2.16. The van der Waals surface area contributed by atoms with Crippen molar-refractivity contribution in [2.24, 2.45) is 0 Å². The zero-order valence-corrected chi connectivity index (χ0v) is 13.3. The van der Waals surface area contributed by atoms with Crippen molar-refractivity contribution in [2.45, 2.75) is 58.1 Å². The Kier molecular flexibility index (Phi) is 7.83. The summed E-state index contributed by atoms with van der Waals surface area (Å²) in [6, 6.07) is 10.1. The number of hydrogen-bond donors (Lipinski definition) is 3. The van der Waals surface area contributed by atoms with E-state index in [4.69, 9.17) is 0 Å². The third kappa shape index (κ3) is 6.63. The van der Waals surface area contributed by atoms with Gasteiger partial charge in [-0.25, -0.2) is 4.79 Å². The SMILES string of the molecule is CCC(CC)NC(=O)NCC(CC(C)O)c1ccccc1. The second-order valence-electron chi connectivity index (χ2n) is 5.56. The summed E-state index contributed by atoms with van der Waals surface area (Å²) in [6.07, 6.45) is 2.11. The lowest BCUT2D eigenvalue weighted by atomic mass is 9.93. The maximum Gasteiger partial charge on any atom is 0.315 e.